The van der Waals surface area contributed by atoms with Crippen molar-refractivity contribution in [2.24, 2.45) is 0 Å². The third-order valence-corrected chi connectivity index (χ3v) is 2.57. The second-order valence-corrected chi connectivity index (χ2v) is 5.46. The summed E-state index contributed by atoms with van der Waals surface area (Å²) < 4.78 is 45.3. The first-order valence-corrected chi connectivity index (χ1v) is 6.12. The Hall–Kier alpha value is -2.05. The predicted molar refractivity (Wildman–Crippen MR) is 69.1 cm³/mol. The van der Waals surface area contributed by atoms with Gasteiger partial charge in [-0.3, -0.25) is 4.90 Å². The molecule has 0 radical (unpaired) electrons. The van der Waals surface area contributed by atoms with Gasteiger partial charge in [0.15, 0.2) is 0 Å². The molecule has 1 amide bonds. The fourth-order valence-electron chi connectivity index (χ4n) is 1.64. The number of nitrogens with zero attached hydrogens (tertiary/aromatic N) is 1. The molecule has 0 aromatic heterocycles. The van der Waals surface area contributed by atoms with Crippen LogP contribution < -0.4 is 0 Å². The van der Waals surface area contributed by atoms with E-state index >= 15 is 0 Å². The third kappa shape index (κ3) is 4.21. The molecule has 0 bridgehead atoms. The summed E-state index contributed by atoms with van der Waals surface area (Å²) in [6.45, 7) is 4.81. The summed E-state index contributed by atoms with van der Waals surface area (Å²) >= 11 is 0. The molecular formula is C14H16F3NO3. The van der Waals surface area contributed by atoms with Crippen molar-refractivity contribution in [1.82, 2.24) is 4.90 Å². The van der Waals surface area contributed by atoms with Gasteiger partial charge in [0.1, 0.15) is 35.4 Å². The molecule has 1 aromatic rings. The van der Waals surface area contributed by atoms with Gasteiger partial charge in [-0.15, -0.1) is 0 Å². The number of aldehydes is 1. The van der Waals surface area contributed by atoms with Gasteiger partial charge in [-0.2, -0.15) is 0 Å². The van der Waals surface area contributed by atoms with Crippen LogP contribution in [0.3, 0.4) is 0 Å². The minimum absolute atomic E-state index is 0.184. The van der Waals surface area contributed by atoms with Crippen LogP contribution in [-0.2, 0) is 9.53 Å². The summed E-state index contributed by atoms with van der Waals surface area (Å²) in [5, 5.41) is 0. The van der Waals surface area contributed by atoms with E-state index in [-0.39, 0.29) is 6.29 Å². The number of carbonyl (C=O) groups excluding carboxylic acids is 2. The number of hydrogen-bond donors (Lipinski definition) is 0. The van der Waals surface area contributed by atoms with Crippen molar-refractivity contribution in [2.45, 2.75) is 32.4 Å². The Morgan fingerprint density at radius 1 is 1.24 bits per heavy atom. The molecule has 0 saturated carbocycles. The van der Waals surface area contributed by atoms with E-state index in [1.165, 1.54) is 0 Å². The van der Waals surface area contributed by atoms with Crippen LogP contribution in [0.5, 0.6) is 0 Å². The first-order valence-electron chi connectivity index (χ1n) is 6.12. The average Bonchev–Trinajstić information content (AvgIpc) is 2.30. The van der Waals surface area contributed by atoms with Gasteiger partial charge in [-0.1, -0.05) is 0 Å². The maximum atomic E-state index is 13.7. The highest BCUT2D eigenvalue weighted by atomic mass is 19.1. The van der Waals surface area contributed by atoms with Crippen molar-refractivity contribution in [1.29, 1.82) is 0 Å². The van der Waals surface area contributed by atoms with E-state index in [1.807, 2.05) is 0 Å². The van der Waals surface area contributed by atoms with Gasteiger partial charge in [0.05, 0.1) is 5.56 Å². The Labute approximate surface area is 120 Å². The second kappa shape index (κ2) is 6.15. The maximum absolute atomic E-state index is 13.7. The molecule has 1 rings (SSSR count). The quantitative estimate of drug-likeness (QED) is 0.806. The zero-order valence-electron chi connectivity index (χ0n) is 12.1. The van der Waals surface area contributed by atoms with E-state index in [4.69, 9.17) is 4.74 Å². The zero-order chi connectivity index (χ0) is 16.4. The Morgan fingerprint density at radius 2 is 1.71 bits per heavy atom. The van der Waals surface area contributed by atoms with Crippen LogP contribution in [0.4, 0.5) is 18.0 Å². The van der Waals surface area contributed by atoms with Gasteiger partial charge < -0.3 is 9.53 Å². The first kappa shape index (κ1) is 17.0. The minimum atomic E-state index is -1.56. The van der Waals surface area contributed by atoms with Crippen molar-refractivity contribution in [3.63, 3.8) is 0 Å². The van der Waals surface area contributed by atoms with Crippen LogP contribution in [0.15, 0.2) is 12.1 Å². The summed E-state index contributed by atoms with van der Waals surface area (Å²) in [6.07, 6.45) is -0.744. The molecule has 0 saturated heterocycles. The molecule has 1 unspecified atom stereocenters. The molecule has 1 atom stereocenters. The summed E-state index contributed by atoms with van der Waals surface area (Å²) in [6, 6.07) is -0.671. The molecule has 116 valence electrons. The fraction of sp³-hybridized carbons (Fsp3) is 0.429. The number of hydrogen-bond acceptors (Lipinski definition) is 3. The van der Waals surface area contributed by atoms with E-state index < -0.39 is 40.8 Å². The third-order valence-electron chi connectivity index (χ3n) is 2.57. The molecule has 0 fully saturated rings. The number of carbonyl (C=O) groups is 2. The highest BCUT2D eigenvalue weighted by molar-refractivity contribution is 5.74. The van der Waals surface area contributed by atoms with Crippen molar-refractivity contribution < 1.29 is 27.5 Å². The Morgan fingerprint density at radius 3 is 2.10 bits per heavy atom. The van der Waals surface area contributed by atoms with E-state index in [2.05, 4.69) is 0 Å². The predicted octanol–water partition coefficient (Wildman–Crippen LogP) is 3.21. The van der Waals surface area contributed by atoms with Gasteiger partial charge in [-0.05, 0) is 20.8 Å². The lowest BCUT2D eigenvalue weighted by molar-refractivity contribution is -0.112. The van der Waals surface area contributed by atoms with Crippen LogP contribution in [-0.4, -0.2) is 29.9 Å². The van der Waals surface area contributed by atoms with Gasteiger partial charge >= 0.3 is 6.09 Å². The SMILES string of the molecule is CN(C(=O)OC(C)(C)C)C(C=O)c1c(F)cc(F)cc1F. The summed E-state index contributed by atoms with van der Waals surface area (Å²) in [5.41, 5.74) is -1.54. The normalized spacial score (nSPS) is 12.7. The fourth-order valence-corrected chi connectivity index (χ4v) is 1.64. The molecule has 4 nitrogen and oxygen atoms in total. The number of ether oxygens (including phenoxy) is 1. The number of amides is 1. The highest BCUT2D eigenvalue weighted by Gasteiger charge is 2.30. The molecule has 0 aliphatic heterocycles. The van der Waals surface area contributed by atoms with Gasteiger partial charge in [0, 0.05) is 19.2 Å². The lowest BCUT2D eigenvalue weighted by Gasteiger charge is -2.28. The van der Waals surface area contributed by atoms with E-state index in [0.717, 1.165) is 11.9 Å². The molecule has 1 aromatic carbocycles. The molecule has 0 N–H and O–H groups in total. The van der Waals surface area contributed by atoms with Crippen LogP contribution in [0.25, 0.3) is 0 Å². The monoisotopic (exact) mass is 303 g/mol. The molecule has 7 heteroatoms. The topological polar surface area (TPSA) is 46.6 Å². The van der Waals surface area contributed by atoms with Gasteiger partial charge in [0.25, 0.3) is 0 Å². The second-order valence-electron chi connectivity index (χ2n) is 5.46. The lowest BCUT2D eigenvalue weighted by Crippen LogP contribution is -2.38. The highest BCUT2D eigenvalue weighted by Crippen LogP contribution is 2.26. The van der Waals surface area contributed by atoms with Crippen LogP contribution >= 0.6 is 0 Å². The number of rotatable bonds is 3. The number of benzene rings is 1. The minimum Gasteiger partial charge on any atom is -0.444 e. The molecule has 21 heavy (non-hydrogen) atoms. The Bertz CT molecular complexity index is 532. The van der Waals surface area contributed by atoms with Crippen molar-refractivity contribution in [3.8, 4) is 0 Å². The average molecular weight is 303 g/mol. The first-order chi connectivity index (χ1) is 9.56. The number of halogens is 3. The molecule has 0 aliphatic carbocycles. The Kier molecular flexibility index (Phi) is 4.98. The van der Waals surface area contributed by atoms with Crippen molar-refractivity contribution in [3.05, 3.63) is 35.1 Å². The van der Waals surface area contributed by atoms with Crippen molar-refractivity contribution >= 4 is 12.4 Å². The van der Waals surface area contributed by atoms with Crippen LogP contribution in [0.1, 0.15) is 32.4 Å². The maximum Gasteiger partial charge on any atom is 0.410 e. The molecule has 0 heterocycles. The standard InChI is InChI=1S/C14H16F3NO3/c1-14(2,3)21-13(20)18(4)11(7-19)12-9(16)5-8(15)6-10(12)17/h5-7,11H,1-4H3. The summed E-state index contributed by atoms with van der Waals surface area (Å²) in [5.74, 6) is -3.61. The number of likely N-dealkylation sites (N-methyl/N-ethyl adjacent to an activating group) is 1. The summed E-state index contributed by atoms with van der Waals surface area (Å²) in [7, 11) is 1.16. The van der Waals surface area contributed by atoms with E-state index in [0.29, 0.717) is 12.1 Å². The molecule has 0 spiro atoms. The smallest absolute Gasteiger partial charge is 0.410 e. The van der Waals surface area contributed by atoms with Gasteiger partial charge in [0.2, 0.25) is 0 Å². The largest absolute Gasteiger partial charge is 0.444 e. The van der Waals surface area contributed by atoms with E-state index in [9.17, 15) is 22.8 Å². The molecular weight excluding hydrogens is 287 g/mol. The van der Waals surface area contributed by atoms with Crippen LogP contribution in [0.2, 0.25) is 0 Å². The molecule has 0 aliphatic rings. The van der Waals surface area contributed by atoms with E-state index in [1.54, 1.807) is 20.8 Å². The van der Waals surface area contributed by atoms with Crippen LogP contribution in [0, 0.1) is 17.5 Å². The van der Waals surface area contributed by atoms with Gasteiger partial charge in [-0.25, -0.2) is 18.0 Å². The van der Waals surface area contributed by atoms with Crippen molar-refractivity contribution in [2.75, 3.05) is 7.05 Å². The summed E-state index contributed by atoms with van der Waals surface area (Å²) in [4.78, 5) is 23.7. The zero-order valence-corrected chi connectivity index (χ0v) is 12.1. The lowest BCUT2D eigenvalue weighted by atomic mass is 10.1. The Balaban J connectivity index is 3.14.